The number of aromatic nitrogens is 1. The van der Waals surface area contributed by atoms with Crippen molar-refractivity contribution in [1.82, 2.24) is 4.57 Å². The molecule has 3 aromatic rings. The molecule has 1 aliphatic heterocycles. The minimum absolute atomic E-state index is 0.261. The number of methoxy groups -OCH3 is 2. The Kier molecular flexibility index (Phi) is 8.16. The SMILES string of the molecule is C=CCOc1ccc(C=c2sc3n(c2=O)C(c2ccc(OC)cc2)C(C(=O)OC(C)C)=C(C)N=3)cc1OC. The average Bonchev–Trinajstić information content (AvgIpc) is 3.20. The number of esters is 1. The zero-order valence-corrected chi connectivity index (χ0v) is 22.8. The van der Waals surface area contributed by atoms with E-state index in [0.29, 0.717) is 44.5 Å². The summed E-state index contributed by atoms with van der Waals surface area (Å²) >= 11 is 1.26. The molecule has 0 spiro atoms. The Hall–Kier alpha value is -4.11. The second-order valence-corrected chi connectivity index (χ2v) is 9.83. The summed E-state index contributed by atoms with van der Waals surface area (Å²) < 4.78 is 24.0. The third-order valence-electron chi connectivity index (χ3n) is 5.86. The summed E-state index contributed by atoms with van der Waals surface area (Å²) in [6.45, 7) is 9.34. The molecule has 0 saturated heterocycles. The van der Waals surface area contributed by atoms with Crippen molar-refractivity contribution in [3.05, 3.63) is 97.2 Å². The van der Waals surface area contributed by atoms with Crippen molar-refractivity contribution in [2.75, 3.05) is 20.8 Å². The first-order valence-corrected chi connectivity index (χ1v) is 12.9. The molecule has 8 nitrogen and oxygen atoms in total. The van der Waals surface area contributed by atoms with Crippen molar-refractivity contribution in [3.63, 3.8) is 0 Å². The first-order chi connectivity index (χ1) is 18.3. The molecule has 0 amide bonds. The van der Waals surface area contributed by atoms with E-state index < -0.39 is 12.0 Å². The van der Waals surface area contributed by atoms with E-state index in [4.69, 9.17) is 18.9 Å². The minimum atomic E-state index is -0.699. The molecule has 2 aromatic carbocycles. The number of carbonyl (C=O) groups excluding carboxylic acids is 1. The van der Waals surface area contributed by atoms with Gasteiger partial charge in [-0.3, -0.25) is 9.36 Å². The fourth-order valence-corrected chi connectivity index (χ4v) is 5.20. The van der Waals surface area contributed by atoms with Gasteiger partial charge in [0.05, 0.1) is 42.2 Å². The highest BCUT2D eigenvalue weighted by molar-refractivity contribution is 7.07. The lowest BCUT2D eigenvalue weighted by Gasteiger charge is -2.25. The molecule has 4 rings (SSSR count). The number of thiazole rings is 1. The predicted molar refractivity (Wildman–Crippen MR) is 147 cm³/mol. The van der Waals surface area contributed by atoms with Crippen molar-refractivity contribution in [2.24, 2.45) is 4.99 Å². The summed E-state index contributed by atoms with van der Waals surface area (Å²) in [5, 5.41) is 0. The van der Waals surface area contributed by atoms with E-state index in [1.807, 2.05) is 18.2 Å². The maximum Gasteiger partial charge on any atom is 0.338 e. The van der Waals surface area contributed by atoms with Crippen molar-refractivity contribution in [2.45, 2.75) is 32.9 Å². The summed E-state index contributed by atoms with van der Waals surface area (Å²) in [7, 11) is 3.14. The smallest absolute Gasteiger partial charge is 0.338 e. The normalized spacial score (nSPS) is 15.1. The lowest BCUT2D eigenvalue weighted by atomic mass is 9.96. The van der Waals surface area contributed by atoms with Crippen LogP contribution < -0.4 is 29.1 Å². The number of fused-ring (bicyclic) bond motifs is 1. The zero-order valence-electron chi connectivity index (χ0n) is 22.0. The van der Waals surface area contributed by atoms with Crippen LogP contribution in [0.4, 0.5) is 0 Å². The fraction of sp³-hybridized carbons (Fsp3) is 0.276. The molecule has 0 N–H and O–H groups in total. The molecular formula is C29H30N2O6S. The highest BCUT2D eigenvalue weighted by Gasteiger charge is 2.33. The number of rotatable bonds is 9. The Morgan fingerprint density at radius 1 is 1.13 bits per heavy atom. The average molecular weight is 535 g/mol. The van der Waals surface area contributed by atoms with Crippen LogP contribution in [-0.4, -0.2) is 37.5 Å². The van der Waals surface area contributed by atoms with E-state index in [0.717, 1.165) is 11.1 Å². The Morgan fingerprint density at radius 3 is 2.50 bits per heavy atom. The number of hydrogen-bond donors (Lipinski definition) is 0. The standard InChI is InChI=1S/C29H30N2O6S/c1-7-14-36-22-13-8-19(15-23(22)35-6)16-24-27(32)31-26(20-9-11-21(34-5)12-10-20)25(28(33)37-17(2)3)18(4)30-29(31)38-24/h7-13,15-17,26H,1,14H2,2-6H3. The van der Waals surface area contributed by atoms with E-state index >= 15 is 0 Å². The lowest BCUT2D eigenvalue weighted by Crippen LogP contribution is -2.40. The number of carbonyl (C=O) groups is 1. The van der Waals surface area contributed by atoms with Crippen LogP contribution in [0.25, 0.3) is 6.08 Å². The second-order valence-electron chi connectivity index (χ2n) is 8.82. The van der Waals surface area contributed by atoms with Crippen molar-refractivity contribution >= 4 is 23.4 Å². The molecule has 1 atom stereocenters. The van der Waals surface area contributed by atoms with E-state index in [-0.39, 0.29) is 11.7 Å². The van der Waals surface area contributed by atoms with Crippen molar-refractivity contribution in [3.8, 4) is 17.2 Å². The third-order valence-corrected chi connectivity index (χ3v) is 6.84. The summed E-state index contributed by atoms with van der Waals surface area (Å²) in [6, 6.07) is 12.0. The first-order valence-electron chi connectivity index (χ1n) is 12.1. The summed E-state index contributed by atoms with van der Waals surface area (Å²) in [5.41, 5.74) is 2.08. The van der Waals surface area contributed by atoms with E-state index in [1.165, 1.54) is 11.3 Å². The quantitative estimate of drug-likeness (QED) is 0.307. The van der Waals surface area contributed by atoms with Gasteiger partial charge in [-0.1, -0.05) is 42.2 Å². The minimum Gasteiger partial charge on any atom is -0.497 e. The van der Waals surface area contributed by atoms with Gasteiger partial charge in [-0.25, -0.2) is 9.79 Å². The number of benzene rings is 2. The third kappa shape index (κ3) is 5.43. The second kappa shape index (κ2) is 11.5. The van der Waals surface area contributed by atoms with E-state index in [9.17, 15) is 9.59 Å². The zero-order chi connectivity index (χ0) is 27.4. The molecule has 1 unspecified atom stereocenters. The van der Waals surface area contributed by atoms with Gasteiger partial charge in [-0.2, -0.15) is 0 Å². The van der Waals surface area contributed by atoms with Crippen molar-refractivity contribution in [1.29, 1.82) is 0 Å². The highest BCUT2D eigenvalue weighted by Crippen LogP contribution is 2.32. The first kappa shape index (κ1) is 26.9. The van der Waals surface area contributed by atoms with Crippen LogP contribution in [0.1, 0.15) is 37.9 Å². The van der Waals surface area contributed by atoms with Gasteiger partial charge in [-0.15, -0.1) is 0 Å². The van der Waals surface area contributed by atoms with E-state index in [2.05, 4.69) is 11.6 Å². The molecule has 38 heavy (non-hydrogen) atoms. The van der Waals surface area contributed by atoms with Crippen LogP contribution in [0.5, 0.6) is 17.2 Å². The van der Waals surface area contributed by atoms with Crippen LogP contribution in [-0.2, 0) is 9.53 Å². The number of hydrogen-bond acceptors (Lipinski definition) is 8. The fourth-order valence-electron chi connectivity index (χ4n) is 4.16. The van der Waals surface area contributed by atoms with Gasteiger partial charge in [0, 0.05) is 0 Å². The molecule has 9 heteroatoms. The van der Waals surface area contributed by atoms with Crippen LogP contribution >= 0.6 is 11.3 Å². The maximum atomic E-state index is 13.8. The summed E-state index contributed by atoms with van der Waals surface area (Å²) in [4.78, 5) is 32.1. The Morgan fingerprint density at radius 2 is 1.87 bits per heavy atom. The molecule has 1 aliphatic rings. The summed E-state index contributed by atoms with van der Waals surface area (Å²) in [5.74, 6) is 1.28. The van der Waals surface area contributed by atoms with Crippen LogP contribution in [0.2, 0.25) is 0 Å². The largest absolute Gasteiger partial charge is 0.497 e. The maximum absolute atomic E-state index is 13.8. The monoisotopic (exact) mass is 534 g/mol. The van der Waals surface area contributed by atoms with Gasteiger partial charge in [0.2, 0.25) is 0 Å². The Bertz CT molecular complexity index is 1560. The summed E-state index contributed by atoms with van der Waals surface area (Å²) in [6.07, 6.45) is 3.11. The highest BCUT2D eigenvalue weighted by atomic mass is 32.1. The van der Waals surface area contributed by atoms with Crippen LogP contribution in [0, 0.1) is 0 Å². The molecule has 0 aliphatic carbocycles. The Labute approximate surface area is 224 Å². The van der Waals surface area contributed by atoms with Gasteiger partial charge < -0.3 is 18.9 Å². The van der Waals surface area contributed by atoms with Gasteiger partial charge in [0.1, 0.15) is 12.4 Å². The van der Waals surface area contributed by atoms with Gasteiger partial charge in [0.25, 0.3) is 5.56 Å². The van der Waals surface area contributed by atoms with Crippen LogP contribution in [0.15, 0.2) is 76.2 Å². The van der Waals surface area contributed by atoms with Crippen LogP contribution in [0.3, 0.4) is 0 Å². The molecule has 2 heterocycles. The van der Waals surface area contributed by atoms with Gasteiger partial charge >= 0.3 is 5.97 Å². The lowest BCUT2D eigenvalue weighted by molar-refractivity contribution is -0.143. The molecule has 0 radical (unpaired) electrons. The number of allylic oxidation sites excluding steroid dienone is 1. The van der Waals surface area contributed by atoms with E-state index in [1.54, 1.807) is 76.0 Å². The number of ether oxygens (including phenoxy) is 4. The predicted octanol–water partition coefficient (Wildman–Crippen LogP) is 3.77. The molecule has 198 valence electrons. The molecule has 0 fully saturated rings. The topological polar surface area (TPSA) is 88.4 Å². The van der Waals surface area contributed by atoms with Crippen molar-refractivity contribution < 1.29 is 23.7 Å². The Balaban J connectivity index is 1.87. The van der Waals surface area contributed by atoms with Gasteiger partial charge in [0.15, 0.2) is 16.3 Å². The molecule has 1 aromatic heterocycles. The molecule has 0 bridgehead atoms. The van der Waals surface area contributed by atoms with Gasteiger partial charge in [-0.05, 0) is 62.2 Å². The molecular weight excluding hydrogens is 504 g/mol. The number of nitrogens with zero attached hydrogens (tertiary/aromatic N) is 2. The molecule has 0 saturated carbocycles.